The first-order valence-electron chi connectivity index (χ1n) is 14.0. The quantitative estimate of drug-likeness (QED) is 0.0889. The Hall–Kier alpha value is -4.47. The van der Waals surface area contributed by atoms with Crippen molar-refractivity contribution in [2.75, 3.05) is 0 Å². The minimum absolute atomic E-state index is 0.00854. The second kappa shape index (κ2) is 15.3. The van der Waals surface area contributed by atoms with E-state index in [4.69, 9.17) is 23.3 Å². The third-order valence-electron chi connectivity index (χ3n) is 6.04. The number of benzene rings is 3. The fourth-order valence-electron chi connectivity index (χ4n) is 4.07. The summed E-state index contributed by atoms with van der Waals surface area (Å²) in [4.78, 5) is 60.2. The average molecular weight is 627 g/mol. The van der Waals surface area contributed by atoms with Crippen LogP contribution in [0.15, 0.2) is 54.6 Å². The zero-order valence-electron chi connectivity index (χ0n) is 25.2. The number of ketones is 1. The molecule has 0 heterocycles. The van der Waals surface area contributed by atoms with E-state index >= 15 is 0 Å². The molecule has 11 nitrogen and oxygen atoms in total. The summed E-state index contributed by atoms with van der Waals surface area (Å²) in [6, 6.07) is 13.8. The van der Waals surface area contributed by atoms with Crippen LogP contribution in [0.1, 0.15) is 73.5 Å². The SMILES string of the molecule is CCC(=O)Oc1cc(OC(=O)CC)c(C(=O)CCc2cccc(OP(=O)(O)Oc3cc(C)cc(C)c3)c2)c(OC(=O)CC)c1. The van der Waals surface area contributed by atoms with Gasteiger partial charge < -0.3 is 23.3 Å². The topological polar surface area (TPSA) is 152 Å². The Morgan fingerprint density at radius 1 is 0.682 bits per heavy atom. The molecule has 0 fully saturated rings. The number of hydrogen-bond acceptors (Lipinski definition) is 10. The van der Waals surface area contributed by atoms with Gasteiger partial charge >= 0.3 is 25.7 Å². The van der Waals surface area contributed by atoms with Gasteiger partial charge in [0.1, 0.15) is 34.3 Å². The Balaban J connectivity index is 1.85. The predicted octanol–water partition coefficient (Wildman–Crippen LogP) is 6.62. The molecule has 1 atom stereocenters. The van der Waals surface area contributed by atoms with E-state index in [9.17, 15) is 28.6 Å². The molecule has 3 rings (SSSR count). The van der Waals surface area contributed by atoms with Gasteiger partial charge in [-0.3, -0.25) is 24.1 Å². The lowest BCUT2D eigenvalue weighted by Crippen LogP contribution is -2.15. The number of phosphoric ester groups is 1. The van der Waals surface area contributed by atoms with Crippen molar-refractivity contribution >= 4 is 31.5 Å². The molecular formula is C32H35O11P. The maximum atomic E-state index is 13.5. The van der Waals surface area contributed by atoms with Gasteiger partial charge in [-0.15, -0.1) is 0 Å². The number of ether oxygens (including phenoxy) is 3. The first kappa shape index (κ1) is 34.0. The summed E-state index contributed by atoms with van der Waals surface area (Å²) >= 11 is 0. The van der Waals surface area contributed by atoms with Crippen molar-refractivity contribution in [1.29, 1.82) is 0 Å². The summed E-state index contributed by atoms with van der Waals surface area (Å²) in [5, 5.41) is 0. The van der Waals surface area contributed by atoms with Gasteiger partial charge in [0.05, 0.1) is 0 Å². The first-order valence-corrected chi connectivity index (χ1v) is 15.5. The van der Waals surface area contributed by atoms with Crippen molar-refractivity contribution in [3.05, 3.63) is 76.9 Å². The summed E-state index contributed by atoms with van der Waals surface area (Å²) in [7, 11) is -4.55. The molecule has 0 aromatic heterocycles. The molecule has 3 aromatic rings. The van der Waals surface area contributed by atoms with Crippen LogP contribution in [-0.4, -0.2) is 28.6 Å². The van der Waals surface area contributed by atoms with Gasteiger partial charge in [0.15, 0.2) is 5.78 Å². The van der Waals surface area contributed by atoms with Crippen LogP contribution in [0.3, 0.4) is 0 Å². The van der Waals surface area contributed by atoms with Gasteiger partial charge in [-0.25, -0.2) is 4.57 Å². The maximum Gasteiger partial charge on any atom is 0.584 e. The molecule has 0 amide bonds. The number of aryl methyl sites for hydroxylation is 3. The molecule has 0 radical (unpaired) electrons. The molecule has 0 aliphatic carbocycles. The van der Waals surface area contributed by atoms with E-state index in [0.717, 1.165) is 11.1 Å². The highest BCUT2D eigenvalue weighted by Crippen LogP contribution is 2.45. The van der Waals surface area contributed by atoms with Gasteiger partial charge in [0.25, 0.3) is 0 Å². The van der Waals surface area contributed by atoms with Crippen molar-refractivity contribution in [2.24, 2.45) is 0 Å². The summed E-state index contributed by atoms with van der Waals surface area (Å²) in [5.41, 5.74) is 2.11. The molecule has 0 saturated heterocycles. The number of rotatable bonds is 14. The highest BCUT2D eigenvalue weighted by molar-refractivity contribution is 7.48. The highest BCUT2D eigenvalue weighted by Gasteiger charge is 2.27. The smallest absolute Gasteiger partial charge is 0.426 e. The molecule has 234 valence electrons. The van der Waals surface area contributed by atoms with Crippen LogP contribution in [0.2, 0.25) is 0 Å². The van der Waals surface area contributed by atoms with Gasteiger partial charge in [-0.1, -0.05) is 39.0 Å². The first-order chi connectivity index (χ1) is 20.8. The van der Waals surface area contributed by atoms with Crippen LogP contribution in [-0.2, 0) is 25.4 Å². The van der Waals surface area contributed by atoms with E-state index < -0.39 is 31.5 Å². The third kappa shape index (κ3) is 10.1. The molecule has 1 unspecified atom stereocenters. The summed E-state index contributed by atoms with van der Waals surface area (Å²) in [5.74, 6) is -2.71. The second-order valence-corrected chi connectivity index (χ2v) is 11.1. The predicted molar refractivity (Wildman–Crippen MR) is 160 cm³/mol. The van der Waals surface area contributed by atoms with E-state index in [1.807, 2.05) is 19.9 Å². The minimum Gasteiger partial charge on any atom is -0.426 e. The Kier molecular flexibility index (Phi) is 11.8. The van der Waals surface area contributed by atoms with Crippen LogP contribution >= 0.6 is 7.82 Å². The fourth-order valence-corrected chi connectivity index (χ4v) is 4.85. The van der Waals surface area contributed by atoms with Crippen LogP contribution < -0.4 is 23.3 Å². The lowest BCUT2D eigenvalue weighted by molar-refractivity contribution is -0.134. The molecule has 0 bridgehead atoms. The van der Waals surface area contributed by atoms with E-state index in [1.165, 1.54) is 24.3 Å². The number of carbonyl (C=O) groups is 4. The van der Waals surface area contributed by atoms with Crippen molar-refractivity contribution in [3.63, 3.8) is 0 Å². The van der Waals surface area contributed by atoms with Crippen LogP contribution in [0, 0.1) is 13.8 Å². The summed E-state index contributed by atoms with van der Waals surface area (Å²) in [6.07, 6.45) is 0.0389. The normalized spacial score (nSPS) is 12.0. The van der Waals surface area contributed by atoms with E-state index in [1.54, 1.807) is 45.0 Å². The number of carbonyl (C=O) groups excluding carboxylic acids is 4. The van der Waals surface area contributed by atoms with Gasteiger partial charge in [0.2, 0.25) is 0 Å². The Morgan fingerprint density at radius 3 is 1.75 bits per heavy atom. The molecule has 3 aromatic carbocycles. The zero-order chi connectivity index (χ0) is 32.4. The second-order valence-electron chi connectivity index (χ2n) is 9.82. The monoisotopic (exact) mass is 626 g/mol. The Morgan fingerprint density at radius 2 is 1.20 bits per heavy atom. The lowest BCUT2D eigenvalue weighted by atomic mass is 10.0. The van der Waals surface area contributed by atoms with Crippen LogP contribution in [0.4, 0.5) is 0 Å². The van der Waals surface area contributed by atoms with Crippen molar-refractivity contribution < 1.29 is 51.9 Å². The van der Waals surface area contributed by atoms with E-state index in [-0.39, 0.29) is 66.4 Å². The molecule has 0 aliphatic heterocycles. The highest BCUT2D eigenvalue weighted by atomic mass is 31.2. The van der Waals surface area contributed by atoms with E-state index in [2.05, 4.69) is 0 Å². The van der Waals surface area contributed by atoms with Crippen molar-refractivity contribution in [3.8, 4) is 28.7 Å². The zero-order valence-corrected chi connectivity index (χ0v) is 26.1. The van der Waals surface area contributed by atoms with Crippen LogP contribution in [0.25, 0.3) is 0 Å². The standard InChI is InChI=1S/C32H35O11P/c1-6-29(34)39-24-18-27(40-30(35)7-2)32(28(19-24)41-31(36)8-3)26(33)13-12-22-10-9-11-23(17-22)42-44(37,38)43-25-15-20(4)14-21(5)16-25/h9-11,14-19H,6-8,12-13H2,1-5H3,(H,37,38). The molecule has 0 aliphatic rings. The Labute approximate surface area is 255 Å². The van der Waals surface area contributed by atoms with Gasteiger partial charge in [-0.2, -0.15) is 0 Å². The molecule has 0 spiro atoms. The van der Waals surface area contributed by atoms with Crippen molar-refractivity contribution in [1.82, 2.24) is 0 Å². The maximum absolute atomic E-state index is 13.5. The lowest BCUT2D eigenvalue weighted by Gasteiger charge is -2.16. The molecule has 1 N–H and O–H groups in total. The molecule has 44 heavy (non-hydrogen) atoms. The molecule has 0 saturated carbocycles. The van der Waals surface area contributed by atoms with Gasteiger partial charge in [-0.05, 0) is 61.2 Å². The summed E-state index contributed by atoms with van der Waals surface area (Å²) in [6.45, 7) is 8.38. The third-order valence-corrected chi connectivity index (χ3v) is 6.92. The fraction of sp³-hybridized carbons (Fsp3) is 0.312. The van der Waals surface area contributed by atoms with E-state index in [0.29, 0.717) is 5.56 Å². The summed E-state index contributed by atoms with van der Waals surface area (Å²) < 4.78 is 39.2. The van der Waals surface area contributed by atoms with Gasteiger partial charge in [0, 0.05) is 37.8 Å². The largest absolute Gasteiger partial charge is 0.584 e. The number of Topliss-reactive ketones (excluding diaryl/α,β-unsaturated/α-hetero) is 1. The van der Waals surface area contributed by atoms with Crippen LogP contribution in [0.5, 0.6) is 28.7 Å². The molecular weight excluding hydrogens is 591 g/mol. The Bertz CT molecular complexity index is 1540. The minimum atomic E-state index is -4.55. The number of phosphoric acid groups is 1. The van der Waals surface area contributed by atoms with Crippen molar-refractivity contribution in [2.45, 2.75) is 66.7 Å². The number of hydrogen-bond donors (Lipinski definition) is 1. The average Bonchev–Trinajstić information content (AvgIpc) is 2.94. The number of esters is 3. The molecule has 12 heteroatoms.